The number of ether oxygens (including phenoxy) is 1. The van der Waals surface area contributed by atoms with Crippen LogP contribution in [0.5, 0.6) is 0 Å². The van der Waals surface area contributed by atoms with E-state index in [4.69, 9.17) is 4.74 Å². The van der Waals surface area contributed by atoms with Crippen LogP contribution in [0.15, 0.2) is 24.4 Å². The summed E-state index contributed by atoms with van der Waals surface area (Å²) in [6, 6.07) is 5.58. The minimum atomic E-state index is -0.583. The van der Waals surface area contributed by atoms with Gasteiger partial charge in [0, 0.05) is 30.7 Å². The van der Waals surface area contributed by atoms with Crippen molar-refractivity contribution in [3.05, 3.63) is 40.0 Å². The fraction of sp³-hybridized carbons (Fsp3) is 0.474. The van der Waals surface area contributed by atoms with Crippen LogP contribution in [0.3, 0.4) is 0 Å². The Kier molecular flexibility index (Phi) is 3.84. The second kappa shape index (κ2) is 6.16. The van der Waals surface area contributed by atoms with Crippen molar-refractivity contribution < 1.29 is 14.3 Å². The molecule has 1 atom stereocenters. The van der Waals surface area contributed by atoms with Crippen molar-refractivity contribution in [3.63, 3.8) is 0 Å². The van der Waals surface area contributed by atoms with Gasteiger partial charge in [0.1, 0.15) is 11.6 Å². The van der Waals surface area contributed by atoms with Crippen LogP contribution in [-0.4, -0.2) is 76.1 Å². The monoisotopic (exact) mass is 399 g/mol. The zero-order valence-electron chi connectivity index (χ0n) is 15.8. The zero-order chi connectivity index (χ0) is 19.5. The number of nitrogens with zero attached hydrogens (tertiary/aromatic N) is 5. The molecule has 8 nitrogen and oxygen atoms in total. The van der Waals surface area contributed by atoms with Crippen molar-refractivity contribution in [1.82, 2.24) is 19.8 Å². The van der Waals surface area contributed by atoms with Gasteiger partial charge in [-0.3, -0.25) is 9.69 Å². The number of hydrogen-bond donors (Lipinski definition) is 0. The van der Waals surface area contributed by atoms with Crippen molar-refractivity contribution in [3.8, 4) is 0 Å². The lowest BCUT2D eigenvalue weighted by molar-refractivity contribution is -0.00663. The molecule has 146 valence electrons. The summed E-state index contributed by atoms with van der Waals surface area (Å²) < 4.78 is 5.82. The second-order valence-corrected chi connectivity index (χ2v) is 8.91. The number of carbonyl (C=O) groups excluding carboxylic acids is 2. The average molecular weight is 399 g/mol. The summed E-state index contributed by atoms with van der Waals surface area (Å²) in [7, 11) is 0. The molecule has 0 radical (unpaired) electrons. The number of fused-ring (bicyclic) bond motifs is 2. The Labute approximate surface area is 166 Å². The van der Waals surface area contributed by atoms with Gasteiger partial charge in [-0.15, -0.1) is 11.3 Å². The van der Waals surface area contributed by atoms with Gasteiger partial charge in [0.05, 0.1) is 24.0 Å². The summed E-state index contributed by atoms with van der Waals surface area (Å²) in [5.74, 6) is 1.59. The minimum Gasteiger partial charge on any atom is -0.437 e. The number of rotatable bonds is 2. The molecule has 9 heteroatoms. The molecule has 0 aromatic carbocycles. The number of aromatic nitrogens is 2. The van der Waals surface area contributed by atoms with Crippen LogP contribution >= 0.6 is 11.3 Å². The van der Waals surface area contributed by atoms with E-state index >= 15 is 0 Å². The maximum atomic E-state index is 12.9. The third-order valence-electron chi connectivity index (χ3n) is 5.75. The van der Waals surface area contributed by atoms with Crippen molar-refractivity contribution in [1.29, 1.82) is 0 Å². The van der Waals surface area contributed by atoms with Crippen LogP contribution in [0.4, 0.5) is 10.6 Å². The number of aryl methyl sites for hydroxylation is 2. The van der Waals surface area contributed by atoms with Gasteiger partial charge >= 0.3 is 6.09 Å². The highest BCUT2D eigenvalue weighted by Crippen LogP contribution is 2.41. The highest BCUT2D eigenvalue weighted by Gasteiger charge is 2.62. The first-order valence-electron chi connectivity index (χ1n) is 9.35. The van der Waals surface area contributed by atoms with Crippen LogP contribution in [0.1, 0.15) is 20.4 Å². The van der Waals surface area contributed by atoms with Crippen molar-refractivity contribution in [2.75, 3.05) is 37.6 Å². The Morgan fingerprint density at radius 1 is 1.25 bits per heavy atom. The Bertz CT molecular complexity index is 955. The molecule has 0 bridgehead atoms. The molecule has 2 aromatic rings. The summed E-state index contributed by atoms with van der Waals surface area (Å²) >= 11 is 1.51. The lowest BCUT2D eigenvalue weighted by Crippen LogP contribution is -2.71. The molecular formula is C19H21N5O3S. The van der Waals surface area contributed by atoms with Crippen LogP contribution in [0.25, 0.3) is 0 Å². The second-order valence-electron chi connectivity index (χ2n) is 7.62. The largest absolute Gasteiger partial charge is 0.437 e. The smallest absolute Gasteiger partial charge is 0.411 e. The van der Waals surface area contributed by atoms with Gasteiger partial charge in [0.25, 0.3) is 5.91 Å². The van der Waals surface area contributed by atoms with Crippen LogP contribution < -0.4 is 4.90 Å². The lowest BCUT2D eigenvalue weighted by Gasteiger charge is -2.51. The fourth-order valence-corrected chi connectivity index (χ4v) is 5.13. The van der Waals surface area contributed by atoms with Crippen molar-refractivity contribution >= 4 is 29.2 Å². The maximum Gasteiger partial charge on any atom is 0.411 e. The van der Waals surface area contributed by atoms with Crippen molar-refractivity contribution in [2.24, 2.45) is 0 Å². The molecule has 3 aliphatic heterocycles. The van der Waals surface area contributed by atoms with Gasteiger partial charge in [-0.25, -0.2) is 14.8 Å². The van der Waals surface area contributed by atoms with E-state index in [1.165, 1.54) is 11.3 Å². The lowest BCUT2D eigenvalue weighted by atomic mass is 9.84. The standard InChI is InChI=1S/C19H21N5O3S/c1-12-3-4-14(28-12)17(25)22-7-8-24-15(9-22)19(27-18(24)26)10-23(11-19)16-5-6-20-13(2)21-16/h3-6,15H,7-11H2,1-2H3. The van der Waals surface area contributed by atoms with E-state index in [1.807, 2.05) is 36.9 Å². The molecule has 5 rings (SSSR count). The quantitative estimate of drug-likeness (QED) is 0.765. The third kappa shape index (κ3) is 2.64. The summed E-state index contributed by atoms with van der Waals surface area (Å²) in [5, 5.41) is 0. The van der Waals surface area contributed by atoms with E-state index in [1.54, 1.807) is 11.1 Å². The number of carbonyl (C=O) groups is 2. The molecule has 3 fully saturated rings. The maximum absolute atomic E-state index is 12.9. The number of hydrogen-bond acceptors (Lipinski definition) is 7. The molecule has 0 N–H and O–H groups in total. The SMILES string of the molecule is Cc1nccc(N2CC3(C2)OC(=O)N2CCN(C(=O)c4ccc(C)s4)CC23)n1. The Hall–Kier alpha value is -2.68. The number of anilines is 1. The normalized spacial score (nSPS) is 22.9. The fourth-order valence-electron chi connectivity index (χ4n) is 4.30. The van der Waals surface area contributed by atoms with E-state index in [0.29, 0.717) is 38.5 Å². The van der Waals surface area contributed by atoms with Gasteiger partial charge in [-0.2, -0.15) is 0 Å². The van der Waals surface area contributed by atoms with E-state index in [-0.39, 0.29) is 18.0 Å². The zero-order valence-corrected chi connectivity index (χ0v) is 16.6. The summed E-state index contributed by atoms with van der Waals surface area (Å²) in [6.07, 6.45) is 1.46. The Morgan fingerprint density at radius 2 is 2.07 bits per heavy atom. The molecule has 2 amide bonds. The van der Waals surface area contributed by atoms with Crippen LogP contribution in [0, 0.1) is 13.8 Å². The Balaban J connectivity index is 1.34. The molecule has 1 unspecified atom stereocenters. The highest BCUT2D eigenvalue weighted by molar-refractivity contribution is 7.13. The van der Waals surface area contributed by atoms with Crippen LogP contribution in [0.2, 0.25) is 0 Å². The van der Waals surface area contributed by atoms with Crippen molar-refractivity contribution in [2.45, 2.75) is 25.5 Å². The molecule has 2 aromatic heterocycles. The number of piperazine rings is 1. The van der Waals surface area contributed by atoms with Gasteiger partial charge in [-0.05, 0) is 32.0 Å². The van der Waals surface area contributed by atoms with E-state index in [0.717, 1.165) is 15.6 Å². The molecule has 3 saturated heterocycles. The molecular weight excluding hydrogens is 378 g/mol. The van der Waals surface area contributed by atoms with Gasteiger partial charge in [0.2, 0.25) is 0 Å². The number of thiophene rings is 1. The highest BCUT2D eigenvalue weighted by atomic mass is 32.1. The minimum absolute atomic E-state index is 0.0369. The van der Waals surface area contributed by atoms with E-state index in [9.17, 15) is 9.59 Å². The van der Waals surface area contributed by atoms with Gasteiger partial charge < -0.3 is 14.5 Å². The van der Waals surface area contributed by atoms with Gasteiger partial charge in [0.15, 0.2) is 5.60 Å². The molecule has 5 heterocycles. The first-order valence-corrected chi connectivity index (χ1v) is 10.2. The third-order valence-corrected chi connectivity index (χ3v) is 6.74. The number of amides is 2. The Morgan fingerprint density at radius 3 is 2.79 bits per heavy atom. The summed E-state index contributed by atoms with van der Waals surface area (Å²) in [5.41, 5.74) is -0.583. The first-order chi connectivity index (χ1) is 13.4. The topological polar surface area (TPSA) is 78.9 Å². The van der Waals surface area contributed by atoms with Gasteiger partial charge in [-0.1, -0.05) is 0 Å². The first kappa shape index (κ1) is 17.4. The summed E-state index contributed by atoms with van der Waals surface area (Å²) in [6.45, 7) is 6.55. The summed E-state index contributed by atoms with van der Waals surface area (Å²) in [4.78, 5) is 41.5. The predicted octanol–water partition coefficient (Wildman–Crippen LogP) is 1.69. The molecule has 1 spiro atoms. The van der Waals surface area contributed by atoms with E-state index < -0.39 is 5.60 Å². The molecule has 28 heavy (non-hydrogen) atoms. The molecule has 3 aliphatic rings. The van der Waals surface area contributed by atoms with Crippen LogP contribution in [-0.2, 0) is 4.74 Å². The molecule has 0 saturated carbocycles. The average Bonchev–Trinajstić information content (AvgIpc) is 3.21. The predicted molar refractivity (Wildman–Crippen MR) is 104 cm³/mol. The van der Waals surface area contributed by atoms with E-state index in [2.05, 4.69) is 14.9 Å². The molecule has 0 aliphatic carbocycles.